The molecule has 6 heteroatoms. The number of amides is 1. The molecule has 0 aromatic carbocycles. The van der Waals surface area contributed by atoms with Gasteiger partial charge in [-0.05, 0) is 32.1 Å². The topological polar surface area (TPSA) is 95.9 Å². The van der Waals surface area contributed by atoms with Gasteiger partial charge in [0.05, 0.1) is 25.4 Å². The molecule has 2 atom stereocenters. The van der Waals surface area contributed by atoms with Gasteiger partial charge in [-0.15, -0.1) is 0 Å². The maximum absolute atomic E-state index is 12.6. The number of esters is 1. The van der Waals surface area contributed by atoms with Crippen molar-refractivity contribution in [2.45, 2.75) is 463 Å². The highest BCUT2D eigenvalue weighted by Gasteiger charge is 2.18. The highest BCUT2D eigenvalue weighted by Crippen LogP contribution is 2.20. The Kier molecular flexibility index (Phi) is 72.8. The minimum absolute atomic E-state index is 0.0227. The molecule has 0 aliphatic heterocycles. The molecule has 0 spiro atoms. The van der Waals surface area contributed by atoms with Crippen LogP contribution in [0.4, 0.5) is 0 Å². The lowest BCUT2D eigenvalue weighted by Crippen LogP contribution is -2.45. The monoisotopic (exact) mass is 1180 g/mol. The average Bonchev–Trinajstić information content (AvgIpc) is 3.53. The van der Waals surface area contributed by atoms with Crippen molar-refractivity contribution in [2.75, 3.05) is 13.2 Å². The number of hydrogen-bond donors (Lipinski definition) is 3. The number of hydrogen-bond acceptors (Lipinski definition) is 5. The molecule has 500 valence electrons. The van der Waals surface area contributed by atoms with Crippen LogP contribution in [0.25, 0.3) is 0 Å². The zero-order valence-corrected chi connectivity index (χ0v) is 57.4. The van der Waals surface area contributed by atoms with E-state index in [1.165, 1.54) is 385 Å². The molecule has 2 unspecified atom stereocenters. The zero-order valence-electron chi connectivity index (χ0n) is 57.4. The van der Waals surface area contributed by atoms with E-state index in [2.05, 4.69) is 19.2 Å². The molecule has 0 saturated carbocycles. The summed E-state index contributed by atoms with van der Waals surface area (Å²) in [6, 6.07) is -0.626. The van der Waals surface area contributed by atoms with Crippen LogP contribution in [0.3, 0.4) is 0 Å². The van der Waals surface area contributed by atoms with Gasteiger partial charge in [-0.2, -0.15) is 0 Å². The first-order valence-electron chi connectivity index (χ1n) is 39.0. The van der Waals surface area contributed by atoms with Crippen LogP contribution in [-0.2, 0) is 14.3 Å². The van der Waals surface area contributed by atoms with Crippen molar-refractivity contribution < 1.29 is 24.5 Å². The molecule has 0 bridgehead atoms. The summed E-state index contributed by atoms with van der Waals surface area (Å²) in [7, 11) is 0. The molecular formula is C78H153NO5. The van der Waals surface area contributed by atoms with E-state index >= 15 is 0 Å². The maximum atomic E-state index is 12.6. The molecule has 3 N–H and O–H groups in total. The van der Waals surface area contributed by atoms with E-state index in [1.807, 2.05) is 6.08 Å². The van der Waals surface area contributed by atoms with Crippen LogP contribution in [-0.4, -0.2) is 47.4 Å². The average molecular weight is 1190 g/mol. The van der Waals surface area contributed by atoms with Crippen molar-refractivity contribution in [1.29, 1.82) is 0 Å². The second kappa shape index (κ2) is 74.1. The minimum atomic E-state index is -0.843. The van der Waals surface area contributed by atoms with E-state index in [9.17, 15) is 19.8 Å². The smallest absolute Gasteiger partial charge is 0.305 e. The Morgan fingerprint density at radius 1 is 0.321 bits per heavy atom. The van der Waals surface area contributed by atoms with Crippen molar-refractivity contribution in [3.63, 3.8) is 0 Å². The predicted molar refractivity (Wildman–Crippen MR) is 370 cm³/mol. The summed E-state index contributed by atoms with van der Waals surface area (Å²) in [5.41, 5.74) is 0. The predicted octanol–water partition coefficient (Wildman–Crippen LogP) is 25.5. The Hall–Kier alpha value is -1.40. The first-order valence-corrected chi connectivity index (χ1v) is 39.0. The number of nitrogens with one attached hydrogen (secondary N) is 1. The second-order valence-electron chi connectivity index (χ2n) is 27.1. The highest BCUT2D eigenvalue weighted by molar-refractivity contribution is 5.76. The van der Waals surface area contributed by atoms with Crippen LogP contribution in [0.2, 0.25) is 0 Å². The molecule has 0 heterocycles. The van der Waals surface area contributed by atoms with Crippen LogP contribution in [0.15, 0.2) is 12.2 Å². The van der Waals surface area contributed by atoms with Gasteiger partial charge in [-0.25, -0.2) is 0 Å². The van der Waals surface area contributed by atoms with Gasteiger partial charge in [0.2, 0.25) is 5.91 Å². The molecule has 0 fully saturated rings. The number of unbranched alkanes of at least 4 members (excludes halogenated alkanes) is 63. The molecular weight excluding hydrogens is 1030 g/mol. The summed E-state index contributed by atoms with van der Waals surface area (Å²) in [6.07, 6.45) is 93.2. The molecule has 0 aromatic rings. The van der Waals surface area contributed by atoms with Crippen LogP contribution < -0.4 is 5.32 Å². The van der Waals surface area contributed by atoms with Crippen molar-refractivity contribution in [2.24, 2.45) is 0 Å². The van der Waals surface area contributed by atoms with Gasteiger partial charge in [-0.3, -0.25) is 9.59 Å². The maximum Gasteiger partial charge on any atom is 0.305 e. The molecule has 0 radical (unpaired) electrons. The van der Waals surface area contributed by atoms with Gasteiger partial charge in [0.25, 0.3) is 0 Å². The Labute approximate surface area is 527 Å². The molecule has 6 nitrogen and oxygen atoms in total. The van der Waals surface area contributed by atoms with Gasteiger partial charge in [0.15, 0.2) is 0 Å². The Balaban J connectivity index is 3.36. The van der Waals surface area contributed by atoms with E-state index in [-0.39, 0.29) is 18.5 Å². The Morgan fingerprint density at radius 2 is 0.548 bits per heavy atom. The summed E-state index contributed by atoms with van der Waals surface area (Å²) in [5.74, 6) is -0.0364. The third-order valence-electron chi connectivity index (χ3n) is 18.6. The number of ether oxygens (including phenoxy) is 1. The summed E-state index contributed by atoms with van der Waals surface area (Å²) in [6.45, 7) is 4.97. The number of carbonyl (C=O) groups excluding carboxylic acids is 2. The standard InChI is InChI=1S/C78H153NO5/c1-3-5-7-9-11-13-15-17-19-20-21-22-23-30-33-36-39-43-46-50-54-58-62-66-70-76(81)75(74-80)79-77(82)71-67-63-59-55-51-47-44-40-37-34-31-28-26-24-25-27-29-32-35-38-41-45-49-53-57-61-65-69-73-84-78(83)72-68-64-60-56-52-48-42-18-16-14-12-10-8-6-4-2/h66,70,75-76,80-81H,3-65,67-69,71-74H2,1-2H3,(H,79,82)/b70-66+. The first-order chi connectivity index (χ1) is 41.5. The Morgan fingerprint density at radius 3 is 0.810 bits per heavy atom. The quantitative estimate of drug-likeness (QED) is 0.0320. The molecule has 84 heavy (non-hydrogen) atoms. The van der Waals surface area contributed by atoms with Crippen molar-refractivity contribution in [1.82, 2.24) is 5.32 Å². The summed E-state index contributed by atoms with van der Waals surface area (Å²) in [5, 5.41) is 23.3. The van der Waals surface area contributed by atoms with E-state index in [4.69, 9.17) is 4.74 Å². The van der Waals surface area contributed by atoms with Gasteiger partial charge in [-0.1, -0.05) is 418 Å². The SMILES string of the molecule is CCCCCCCCCCCCCCCCCCCCCCCC/C=C/C(O)C(CO)NC(=O)CCCCCCCCCCCCCCCCCCCCCCCCCCCCCCOC(=O)CCCCCCCCCCCCCCCCC. The van der Waals surface area contributed by atoms with Gasteiger partial charge in [0, 0.05) is 12.8 Å². The molecule has 0 saturated heterocycles. The normalized spacial score (nSPS) is 12.5. The second-order valence-corrected chi connectivity index (χ2v) is 27.1. The molecule has 1 amide bonds. The largest absolute Gasteiger partial charge is 0.466 e. The molecule has 0 aromatic heterocycles. The number of allylic oxidation sites excluding steroid dienone is 1. The molecule has 0 rings (SSSR count). The lowest BCUT2D eigenvalue weighted by molar-refractivity contribution is -0.143. The van der Waals surface area contributed by atoms with Crippen molar-refractivity contribution in [3.8, 4) is 0 Å². The summed E-state index contributed by atoms with van der Waals surface area (Å²) in [4.78, 5) is 24.6. The lowest BCUT2D eigenvalue weighted by atomic mass is 10.0. The summed E-state index contributed by atoms with van der Waals surface area (Å²) >= 11 is 0. The molecule has 0 aliphatic rings. The van der Waals surface area contributed by atoms with Crippen LogP contribution in [0.1, 0.15) is 450 Å². The lowest BCUT2D eigenvalue weighted by Gasteiger charge is -2.20. The third kappa shape index (κ3) is 69.7. The zero-order chi connectivity index (χ0) is 60.6. The summed E-state index contributed by atoms with van der Waals surface area (Å²) < 4.78 is 5.51. The number of carbonyl (C=O) groups is 2. The minimum Gasteiger partial charge on any atom is -0.466 e. The fraction of sp³-hybridized carbons (Fsp3) is 0.949. The first kappa shape index (κ1) is 82.6. The van der Waals surface area contributed by atoms with Gasteiger partial charge < -0.3 is 20.3 Å². The number of rotatable bonds is 74. The Bertz CT molecular complexity index is 1270. The fourth-order valence-corrected chi connectivity index (χ4v) is 12.6. The molecule has 0 aliphatic carbocycles. The van der Waals surface area contributed by atoms with Crippen molar-refractivity contribution in [3.05, 3.63) is 12.2 Å². The van der Waals surface area contributed by atoms with Crippen LogP contribution in [0, 0.1) is 0 Å². The highest BCUT2D eigenvalue weighted by atomic mass is 16.5. The van der Waals surface area contributed by atoms with E-state index < -0.39 is 12.1 Å². The van der Waals surface area contributed by atoms with Crippen LogP contribution >= 0.6 is 0 Å². The van der Waals surface area contributed by atoms with E-state index in [0.717, 1.165) is 38.5 Å². The third-order valence-corrected chi connectivity index (χ3v) is 18.6. The van der Waals surface area contributed by atoms with Gasteiger partial charge in [0.1, 0.15) is 0 Å². The number of aliphatic hydroxyl groups excluding tert-OH is 2. The van der Waals surface area contributed by atoms with Crippen LogP contribution in [0.5, 0.6) is 0 Å². The fourth-order valence-electron chi connectivity index (χ4n) is 12.6. The van der Waals surface area contributed by atoms with Gasteiger partial charge >= 0.3 is 5.97 Å². The number of aliphatic hydroxyl groups is 2. The van der Waals surface area contributed by atoms with E-state index in [0.29, 0.717) is 19.4 Å². The van der Waals surface area contributed by atoms with E-state index in [1.54, 1.807) is 6.08 Å². The van der Waals surface area contributed by atoms with Crippen molar-refractivity contribution >= 4 is 11.9 Å².